The molecule has 0 saturated heterocycles. The highest BCUT2D eigenvalue weighted by molar-refractivity contribution is 7.25. The Morgan fingerprint density at radius 2 is 0.837 bits per heavy atom. The van der Waals surface area contributed by atoms with Crippen LogP contribution >= 0.6 is 11.3 Å². The first kappa shape index (κ1) is 23.2. The number of nitrogens with zero attached hydrogens (tertiary/aromatic N) is 3. The van der Waals surface area contributed by atoms with Gasteiger partial charge in [0.2, 0.25) is 0 Å². The molecule has 0 unspecified atom stereocenters. The first-order valence-electron chi connectivity index (χ1n) is 18.9. The highest BCUT2D eigenvalue weighted by Gasteiger charge is 2.15. The molecule has 0 N–H and O–H groups in total. The van der Waals surface area contributed by atoms with E-state index in [0.29, 0.717) is 32.0 Å². The van der Waals surface area contributed by atoms with Gasteiger partial charge in [0.25, 0.3) is 0 Å². The number of rotatable bonds is 6. The first-order chi connectivity index (χ1) is 26.8. The summed E-state index contributed by atoms with van der Waals surface area (Å²) >= 11 is 1.09. The molecule has 4 heteroatoms. The van der Waals surface area contributed by atoms with E-state index in [9.17, 15) is 5.48 Å². The van der Waals surface area contributed by atoms with Crippen LogP contribution in [-0.2, 0) is 0 Å². The van der Waals surface area contributed by atoms with Gasteiger partial charge in [0.15, 0.2) is 17.5 Å². The normalized spacial score (nSPS) is 13.0. The maximum atomic E-state index is 9.50. The lowest BCUT2D eigenvalue weighted by atomic mass is 9.99. The summed E-state index contributed by atoms with van der Waals surface area (Å²) in [6.07, 6.45) is 0. The molecule has 0 atom stereocenters. The van der Waals surface area contributed by atoms with Crippen molar-refractivity contribution in [1.82, 2.24) is 15.0 Å². The summed E-state index contributed by atoms with van der Waals surface area (Å²) in [6, 6.07) is 44.0. The second-order valence-electron chi connectivity index (χ2n) is 11.6. The molecule has 2 aromatic heterocycles. The third-order valence-corrected chi connectivity index (χ3v) is 9.43. The van der Waals surface area contributed by atoms with E-state index < -0.39 is 0 Å². The molecule has 230 valence electrons. The summed E-state index contributed by atoms with van der Waals surface area (Å²) in [5, 5.41) is 0.535. The van der Waals surface area contributed by atoms with E-state index in [1.807, 2.05) is 140 Å². The van der Waals surface area contributed by atoms with Gasteiger partial charge in [-0.25, -0.2) is 15.0 Å². The molecule has 0 amide bonds. The van der Waals surface area contributed by atoms with E-state index in [2.05, 4.69) is 0 Å². The van der Waals surface area contributed by atoms with Crippen LogP contribution in [0.4, 0.5) is 0 Å². The van der Waals surface area contributed by atoms with Gasteiger partial charge >= 0.3 is 0 Å². The van der Waals surface area contributed by atoms with Crippen molar-refractivity contribution in [3.63, 3.8) is 0 Å². The summed E-state index contributed by atoms with van der Waals surface area (Å²) in [4.78, 5) is 14.5. The molecule has 49 heavy (non-hydrogen) atoms. The van der Waals surface area contributed by atoms with E-state index in [1.54, 1.807) is 0 Å². The van der Waals surface area contributed by atoms with Crippen LogP contribution in [-0.4, -0.2) is 15.0 Å². The fourth-order valence-electron chi connectivity index (χ4n) is 5.91. The maximum Gasteiger partial charge on any atom is 0.164 e. The molecular formula is C45H29N3S. The topological polar surface area (TPSA) is 38.7 Å². The minimum Gasteiger partial charge on any atom is -0.208 e. The van der Waals surface area contributed by atoms with E-state index in [1.165, 1.54) is 0 Å². The Morgan fingerprint density at radius 3 is 1.51 bits per heavy atom. The molecule has 0 aliphatic rings. The fraction of sp³-hybridized carbons (Fsp3) is 0. The second-order valence-corrected chi connectivity index (χ2v) is 12.6. The van der Waals surface area contributed by atoms with Crippen LogP contribution in [0.5, 0.6) is 0 Å². The summed E-state index contributed by atoms with van der Waals surface area (Å²) in [6.45, 7) is 0. The van der Waals surface area contributed by atoms with Crippen molar-refractivity contribution in [2.45, 2.75) is 0 Å². The van der Waals surface area contributed by atoms with E-state index >= 15 is 0 Å². The number of thiophene rings is 1. The zero-order valence-corrected chi connectivity index (χ0v) is 26.8. The van der Waals surface area contributed by atoms with Crippen LogP contribution in [0.2, 0.25) is 0 Å². The van der Waals surface area contributed by atoms with Crippen molar-refractivity contribution in [2.24, 2.45) is 0 Å². The number of hydrogen-bond acceptors (Lipinski definition) is 4. The average molecular weight is 650 g/mol. The molecule has 7 aromatic carbocycles. The van der Waals surface area contributed by atoms with Crippen molar-refractivity contribution >= 4 is 31.5 Å². The average Bonchev–Trinajstić information content (AvgIpc) is 3.65. The number of benzene rings is 7. The molecule has 0 spiro atoms. The van der Waals surface area contributed by atoms with Gasteiger partial charge in [0.05, 0.1) is 8.22 Å². The van der Waals surface area contributed by atoms with Crippen LogP contribution < -0.4 is 0 Å². The quantitative estimate of drug-likeness (QED) is 0.180. The maximum absolute atomic E-state index is 9.50. The highest BCUT2D eigenvalue weighted by atomic mass is 32.1. The van der Waals surface area contributed by atoms with E-state index in [0.717, 1.165) is 44.7 Å². The van der Waals surface area contributed by atoms with Crippen molar-refractivity contribution in [2.75, 3.05) is 0 Å². The molecule has 2 heterocycles. The van der Waals surface area contributed by atoms with Gasteiger partial charge in [-0.2, -0.15) is 0 Å². The minimum absolute atomic E-state index is 0.0122. The molecule has 0 saturated carbocycles. The Hall–Kier alpha value is -6.23. The van der Waals surface area contributed by atoms with Crippen LogP contribution in [0.25, 0.3) is 87.7 Å². The third kappa shape index (κ3) is 5.69. The van der Waals surface area contributed by atoms with Gasteiger partial charge in [-0.15, -0.1) is 11.3 Å². The van der Waals surface area contributed by atoms with E-state index in [-0.39, 0.29) is 58.6 Å². The number of hydrogen-bond donors (Lipinski definition) is 0. The Balaban J connectivity index is 1.24. The monoisotopic (exact) mass is 649 g/mol. The van der Waals surface area contributed by atoms with Crippen molar-refractivity contribution in [1.29, 1.82) is 0 Å². The number of aromatic nitrogens is 3. The molecule has 9 rings (SSSR count). The lowest BCUT2D eigenvalue weighted by Gasteiger charge is -2.10. The predicted octanol–water partition coefficient (Wildman–Crippen LogP) is 12.2. The summed E-state index contributed by atoms with van der Waals surface area (Å²) < 4.78 is 56.2. The Labute approximate surface area is 297 Å². The SMILES string of the molecule is [2H]c1c(-c2ccc(-c3ccccc3)cc2)c([2H])c2c(sc3c([2H])c(-c4nc(-c5ccccc5)nc(-c5cccc(-c6ccccc6)c5)n4)c([2H])c([2H])c32)c1[2H]. The van der Waals surface area contributed by atoms with Crippen molar-refractivity contribution in [3.05, 3.63) is 176 Å². The Morgan fingerprint density at radius 1 is 0.347 bits per heavy atom. The molecule has 0 fully saturated rings. The van der Waals surface area contributed by atoms with E-state index in [4.69, 9.17) is 17.7 Å². The summed E-state index contributed by atoms with van der Waals surface area (Å²) in [5.41, 5.74) is 6.40. The first-order valence-corrected chi connectivity index (χ1v) is 16.7. The molecule has 9 aromatic rings. The zero-order valence-electron chi connectivity index (χ0n) is 32.0. The minimum atomic E-state index is -0.263. The molecule has 3 nitrogen and oxygen atoms in total. The van der Waals surface area contributed by atoms with Crippen LogP contribution in [0, 0.1) is 0 Å². The van der Waals surface area contributed by atoms with Gasteiger partial charge in [-0.1, -0.05) is 152 Å². The van der Waals surface area contributed by atoms with Gasteiger partial charge in [-0.05, 0) is 57.6 Å². The lowest BCUT2D eigenvalue weighted by molar-refractivity contribution is 1.07. The Kier molecular flexibility index (Phi) is 5.87. The van der Waals surface area contributed by atoms with Gasteiger partial charge < -0.3 is 0 Å². The zero-order chi connectivity index (χ0) is 37.8. The molecule has 0 bridgehead atoms. The summed E-state index contributed by atoms with van der Waals surface area (Å²) in [5.74, 6) is 0.789. The van der Waals surface area contributed by atoms with Gasteiger partial charge in [-0.3, -0.25) is 0 Å². The van der Waals surface area contributed by atoms with Gasteiger partial charge in [0.1, 0.15) is 0 Å². The van der Waals surface area contributed by atoms with Crippen LogP contribution in [0.3, 0.4) is 0 Å². The van der Waals surface area contributed by atoms with Crippen LogP contribution in [0.1, 0.15) is 8.22 Å². The molecule has 0 aliphatic carbocycles. The largest absolute Gasteiger partial charge is 0.208 e. The lowest BCUT2D eigenvalue weighted by Crippen LogP contribution is -2.00. The molecule has 0 radical (unpaired) electrons. The van der Waals surface area contributed by atoms with Crippen molar-refractivity contribution < 1.29 is 8.22 Å². The summed E-state index contributed by atoms with van der Waals surface area (Å²) in [7, 11) is 0. The second kappa shape index (κ2) is 12.4. The third-order valence-electron chi connectivity index (χ3n) is 8.41. The number of fused-ring (bicyclic) bond motifs is 3. The highest BCUT2D eigenvalue weighted by Crippen LogP contribution is 2.39. The molecular weight excluding hydrogens is 615 g/mol. The van der Waals surface area contributed by atoms with Crippen molar-refractivity contribution in [3.8, 4) is 67.5 Å². The van der Waals surface area contributed by atoms with Gasteiger partial charge in [0, 0.05) is 36.9 Å². The Bertz CT molecular complexity index is 2920. The fourth-order valence-corrected chi connectivity index (χ4v) is 6.88. The smallest absolute Gasteiger partial charge is 0.164 e. The van der Waals surface area contributed by atoms with Crippen LogP contribution in [0.15, 0.2) is 176 Å². The predicted molar refractivity (Wildman–Crippen MR) is 205 cm³/mol. The standard InChI is InChI=1S/C45H29N3S/c1-4-11-30(12-5-1)32-19-21-33(22-20-32)36-24-26-41-40(28-36)39-25-23-38(29-42(39)49-41)45-47-43(34-15-8-3-9-16-34)46-44(48-45)37-18-10-17-35(27-37)31-13-6-2-7-14-31/h1-29H/i23D,24D,25D,26D,28D,29D. The molecule has 0 aliphatic heterocycles.